The van der Waals surface area contributed by atoms with Crippen LogP contribution in [0, 0.1) is 17.2 Å². The van der Waals surface area contributed by atoms with E-state index in [1.54, 1.807) is 28.4 Å². The van der Waals surface area contributed by atoms with Gasteiger partial charge in [-0.05, 0) is 74.2 Å². The van der Waals surface area contributed by atoms with Crippen molar-refractivity contribution >= 4 is 27.3 Å². The second kappa shape index (κ2) is 14.4. The average molecular weight is 664 g/mol. The van der Waals surface area contributed by atoms with E-state index in [0.29, 0.717) is 11.5 Å². The molecule has 0 fully saturated rings. The van der Waals surface area contributed by atoms with Gasteiger partial charge in [-0.15, -0.1) is 0 Å². The van der Waals surface area contributed by atoms with Gasteiger partial charge in [0.15, 0.2) is 23.0 Å². The van der Waals surface area contributed by atoms with E-state index in [4.69, 9.17) is 18.9 Å². The molecule has 2 rings (SSSR count). The van der Waals surface area contributed by atoms with Gasteiger partial charge >= 0.3 is 27.3 Å². The Balaban J connectivity index is 0.00000578. The first-order valence-corrected chi connectivity index (χ1v) is 11.4. The van der Waals surface area contributed by atoms with Crippen LogP contribution in [0.4, 0.5) is 0 Å². The van der Waals surface area contributed by atoms with Crippen molar-refractivity contribution in [3.05, 3.63) is 47.5 Å². The number of methoxy groups -OCH3 is 4. The van der Waals surface area contributed by atoms with Crippen molar-refractivity contribution in [1.29, 1.82) is 5.26 Å². The number of nitriles is 1. The van der Waals surface area contributed by atoms with Gasteiger partial charge in [0.2, 0.25) is 0 Å². The predicted molar refractivity (Wildman–Crippen MR) is 140 cm³/mol. The van der Waals surface area contributed by atoms with Crippen LogP contribution in [0.5, 0.6) is 23.0 Å². The summed E-state index contributed by atoms with van der Waals surface area (Å²) in [5, 5.41) is 10.2. The van der Waals surface area contributed by atoms with E-state index in [9.17, 15) is 5.26 Å². The molecule has 0 bridgehead atoms. The van der Waals surface area contributed by atoms with Crippen molar-refractivity contribution in [2.45, 2.75) is 38.5 Å². The van der Waals surface area contributed by atoms with Crippen LogP contribution in [-0.2, 0) is 11.8 Å². The molecule has 2 radical (unpaired) electrons. The summed E-state index contributed by atoms with van der Waals surface area (Å²) in [6.45, 7) is 6.06. The van der Waals surface area contributed by atoms with Gasteiger partial charge in [0.05, 0.1) is 39.9 Å². The number of hydrogen-bond donors (Lipinski definition) is 0. The third-order valence-corrected chi connectivity index (χ3v) is 6.42. The summed E-state index contributed by atoms with van der Waals surface area (Å²) in [4.78, 5) is 2.31. The van der Waals surface area contributed by atoms with Crippen molar-refractivity contribution < 1.29 is 18.9 Å². The van der Waals surface area contributed by atoms with Crippen LogP contribution in [0.1, 0.15) is 37.8 Å². The normalized spacial score (nSPS) is 12.5. The second-order valence-electron chi connectivity index (χ2n) is 8.65. The fourth-order valence-corrected chi connectivity index (χ4v) is 4.23. The molecule has 0 aliphatic heterocycles. The minimum atomic E-state index is -0.580. The van der Waals surface area contributed by atoms with Crippen LogP contribution in [0.25, 0.3) is 0 Å². The summed E-state index contributed by atoms with van der Waals surface area (Å²) in [5.41, 5.74) is 1.60. The third-order valence-electron chi connectivity index (χ3n) is 6.42. The van der Waals surface area contributed by atoms with E-state index in [0.717, 1.165) is 49.4 Å². The maximum atomic E-state index is 10.2. The number of likely N-dealkylation sites (N-methyl/N-ethyl adjacent to an activating group) is 1. The van der Waals surface area contributed by atoms with Crippen LogP contribution < -0.4 is 18.9 Å². The van der Waals surface area contributed by atoms with Gasteiger partial charge < -0.3 is 23.8 Å². The fourth-order valence-electron chi connectivity index (χ4n) is 4.23. The molecular weight excluding hydrogens is 624 g/mol. The van der Waals surface area contributed by atoms with Gasteiger partial charge in [-0.2, -0.15) is 5.26 Å². The standard InChI is InChI=1S/C27H38N2O4.Pb.2H/c1-20(2)27(19-28,22-10-12-24(31-5)26(18-22)33-7)14-8-15-29(3)16-13-21-9-11-23(30-4)25(17-21)32-6;;;/h9-12,17-18,20H,8,13-16H2,1-7H3;;;. The van der Waals surface area contributed by atoms with Gasteiger partial charge in [-0.3, -0.25) is 0 Å². The van der Waals surface area contributed by atoms with Crippen LogP contribution in [-0.4, -0.2) is 80.8 Å². The van der Waals surface area contributed by atoms with Gasteiger partial charge in [0, 0.05) is 6.54 Å². The molecule has 0 spiro atoms. The average Bonchev–Trinajstić information content (AvgIpc) is 2.84. The Labute approximate surface area is 225 Å². The van der Waals surface area contributed by atoms with Crippen LogP contribution in [0.3, 0.4) is 0 Å². The molecule has 2 aromatic rings. The van der Waals surface area contributed by atoms with Crippen LogP contribution >= 0.6 is 0 Å². The summed E-state index contributed by atoms with van der Waals surface area (Å²) in [6.07, 6.45) is 2.61. The Hall–Kier alpha value is -1.99. The molecular formula is C27H40N2O4Pb. The summed E-state index contributed by atoms with van der Waals surface area (Å²) in [5.74, 6) is 2.99. The number of rotatable bonds is 13. The Bertz CT molecular complexity index is 945. The molecule has 186 valence electrons. The van der Waals surface area contributed by atoms with E-state index in [1.807, 2.05) is 30.3 Å². The van der Waals surface area contributed by atoms with E-state index >= 15 is 0 Å². The monoisotopic (exact) mass is 664 g/mol. The molecule has 6 nitrogen and oxygen atoms in total. The van der Waals surface area contributed by atoms with Gasteiger partial charge in [0.1, 0.15) is 0 Å². The van der Waals surface area contributed by atoms with Crippen molar-refractivity contribution in [2.75, 3.05) is 48.6 Å². The number of benzene rings is 2. The first-order valence-electron chi connectivity index (χ1n) is 11.4. The Morgan fingerprint density at radius 3 is 1.94 bits per heavy atom. The van der Waals surface area contributed by atoms with Crippen molar-refractivity contribution in [3.8, 4) is 29.1 Å². The third kappa shape index (κ3) is 7.25. The summed E-state index contributed by atoms with van der Waals surface area (Å²) in [7, 11) is 8.67. The van der Waals surface area contributed by atoms with E-state index in [-0.39, 0.29) is 33.2 Å². The molecule has 0 amide bonds. The summed E-state index contributed by atoms with van der Waals surface area (Å²) in [6, 6.07) is 14.5. The molecule has 0 aromatic heterocycles. The Morgan fingerprint density at radius 1 is 0.853 bits per heavy atom. The zero-order valence-corrected chi connectivity index (χ0v) is 27.3. The van der Waals surface area contributed by atoms with Crippen molar-refractivity contribution in [2.24, 2.45) is 5.92 Å². The zero-order chi connectivity index (χ0) is 24.4. The summed E-state index contributed by atoms with van der Waals surface area (Å²) >= 11 is 0. The quantitative estimate of drug-likeness (QED) is 0.300. The van der Waals surface area contributed by atoms with Gasteiger partial charge in [-0.1, -0.05) is 26.0 Å². The van der Waals surface area contributed by atoms with Crippen molar-refractivity contribution in [1.82, 2.24) is 4.90 Å². The van der Waals surface area contributed by atoms with Crippen molar-refractivity contribution in [3.63, 3.8) is 0 Å². The van der Waals surface area contributed by atoms with Gasteiger partial charge in [0.25, 0.3) is 0 Å². The van der Waals surface area contributed by atoms with E-state index in [2.05, 4.69) is 37.9 Å². The zero-order valence-electron chi connectivity index (χ0n) is 21.8. The van der Waals surface area contributed by atoms with Crippen LogP contribution in [0.2, 0.25) is 0 Å². The first kappa shape index (κ1) is 30.0. The molecule has 7 heteroatoms. The number of hydrogen-bond acceptors (Lipinski definition) is 6. The molecule has 0 aliphatic rings. The minimum absolute atomic E-state index is 0. The maximum absolute atomic E-state index is 10.2. The molecule has 0 saturated carbocycles. The molecule has 0 heterocycles. The molecule has 1 unspecified atom stereocenters. The SMILES string of the molecule is COc1ccc(CCN(C)CCCC(C#N)(c2ccc(OC)c(OC)c2)C(C)C)cc1OC.[PbH2]. The molecule has 34 heavy (non-hydrogen) atoms. The first-order chi connectivity index (χ1) is 15.8. The number of ether oxygens (including phenoxy) is 4. The van der Waals surface area contributed by atoms with Gasteiger partial charge in [-0.25, -0.2) is 0 Å². The molecule has 1 atom stereocenters. The molecule has 0 N–H and O–H groups in total. The van der Waals surface area contributed by atoms with Crippen LogP contribution in [0.15, 0.2) is 36.4 Å². The van der Waals surface area contributed by atoms with E-state index < -0.39 is 5.41 Å². The Kier molecular flexibility index (Phi) is 12.7. The Morgan fingerprint density at radius 2 is 1.41 bits per heavy atom. The molecule has 2 aromatic carbocycles. The molecule has 0 saturated heterocycles. The fraction of sp³-hybridized carbons (Fsp3) is 0.519. The number of nitrogens with zero attached hydrogens (tertiary/aromatic N) is 2. The summed E-state index contributed by atoms with van der Waals surface area (Å²) < 4.78 is 21.6. The topological polar surface area (TPSA) is 64.0 Å². The predicted octanol–water partition coefficient (Wildman–Crippen LogP) is 4.18. The molecule has 0 aliphatic carbocycles. The second-order valence-corrected chi connectivity index (χ2v) is 8.65. The van der Waals surface area contributed by atoms with E-state index in [1.165, 1.54) is 5.56 Å².